The minimum absolute atomic E-state index is 0.0568. The van der Waals surface area contributed by atoms with Crippen molar-refractivity contribution in [3.05, 3.63) is 70.8 Å². The Balaban J connectivity index is 1.35. The van der Waals surface area contributed by atoms with Crippen molar-refractivity contribution in [3.63, 3.8) is 0 Å². The fourth-order valence-electron chi connectivity index (χ4n) is 2.91. The number of fused-ring (bicyclic) bond motifs is 1. The summed E-state index contributed by atoms with van der Waals surface area (Å²) in [5.74, 6) is -0.122. The zero-order valence-corrected chi connectivity index (χ0v) is 14.2. The molecule has 5 nitrogen and oxygen atoms in total. The summed E-state index contributed by atoms with van der Waals surface area (Å²) in [6.07, 6.45) is 0.624. The lowest BCUT2D eigenvalue weighted by atomic mass is 10.1. The molecule has 2 aromatic carbocycles. The number of hydrogen-bond donors (Lipinski definition) is 3. The topological polar surface area (TPSA) is 70.2 Å². The van der Waals surface area contributed by atoms with Gasteiger partial charge in [0, 0.05) is 32.6 Å². The van der Waals surface area contributed by atoms with E-state index in [0.717, 1.165) is 24.2 Å². The van der Waals surface area contributed by atoms with Gasteiger partial charge in [0.1, 0.15) is 0 Å². The Labute approximate surface area is 147 Å². The Kier molecular flexibility index (Phi) is 5.80. The van der Waals surface area contributed by atoms with E-state index in [-0.39, 0.29) is 18.2 Å². The molecule has 1 aliphatic heterocycles. The van der Waals surface area contributed by atoms with E-state index in [1.165, 1.54) is 11.1 Å². The maximum Gasteiger partial charge on any atom is 0.224 e. The fourth-order valence-corrected chi connectivity index (χ4v) is 2.91. The highest BCUT2D eigenvalue weighted by Crippen LogP contribution is 2.16. The summed E-state index contributed by atoms with van der Waals surface area (Å²) in [7, 11) is 0. The van der Waals surface area contributed by atoms with Crippen LogP contribution in [-0.4, -0.2) is 18.4 Å². The maximum absolute atomic E-state index is 11.9. The van der Waals surface area contributed by atoms with Crippen molar-refractivity contribution < 1.29 is 9.59 Å². The van der Waals surface area contributed by atoms with Crippen LogP contribution in [-0.2, 0) is 35.6 Å². The molecule has 1 aliphatic rings. The molecule has 0 spiro atoms. The van der Waals surface area contributed by atoms with Gasteiger partial charge >= 0.3 is 0 Å². The summed E-state index contributed by atoms with van der Waals surface area (Å²) in [5, 5.41) is 9.00. The maximum atomic E-state index is 11.9. The van der Waals surface area contributed by atoms with E-state index in [0.29, 0.717) is 19.5 Å². The first-order chi connectivity index (χ1) is 12.2. The summed E-state index contributed by atoms with van der Waals surface area (Å²) < 4.78 is 0. The number of amides is 2. The molecule has 0 aliphatic carbocycles. The molecule has 3 rings (SSSR count). The van der Waals surface area contributed by atoms with Gasteiger partial charge in [0.05, 0.1) is 6.42 Å². The van der Waals surface area contributed by atoms with Crippen molar-refractivity contribution in [2.24, 2.45) is 0 Å². The molecule has 0 unspecified atom stereocenters. The van der Waals surface area contributed by atoms with Gasteiger partial charge in [-0.3, -0.25) is 9.59 Å². The van der Waals surface area contributed by atoms with Gasteiger partial charge in [-0.15, -0.1) is 0 Å². The molecule has 2 aromatic rings. The molecular weight excluding hydrogens is 314 g/mol. The van der Waals surface area contributed by atoms with Crippen LogP contribution >= 0.6 is 0 Å². The summed E-state index contributed by atoms with van der Waals surface area (Å²) in [6, 6.07) is 15.9. The van der Waals surface area contributed by atoms with Crippen LogP contribution in [0.1, 0.15) is 28.7 Å². The first-order valence-electron chi connectivity index (χ1n) is 8.59. The zero-order chi connectivity index (χ0) is 17.5. The van der Waals surface area contributed by atoms with Crippen molar-refractivity contribution >= 4 is 11.8 Å². The lowest BCUT2D eigenvalue weighted by Crippen LogP contribution is -2.31. The number of nitrogens with one attached hydrogen (secondary N) is 3. The van der Waals surface area contributed by atoms with Gasteiger partial charge in [-0.2, -0.15) is 0 Å². The second-order valence-electron chi connectivity index (χ2n) is 6.25. The average Bonchev–Trinajstić information content (AvgIpc) is 3.08. The molecule has 3 N–H and O–H groups in total. The van der Waals surface area contributed by atoms with Crippen molar-refractivity contribution in [3.8, 4) is 0 Å². The van der Waals surface area contributed by atoms with Gasteiger partial charge in [-0.05, 0) is 22.3 Å². The van der Waals surface area contributed by atoms with Crippen LogP contribution in [0.5, 0.6) is 0 Å². The van der Waals surface area contributed by atoms with Gasteiger partial charge in [0.25, 0.3) is 0 Å². The molecule has 2 amide bonds. The predicted molar refractivity (Wildman–Crippen MR) is 96.6 cm³/mol. The van der Waals surface area contributed by atoms with Gasteiger partial charge < -0.3 is 16.0 Å². The zero-order valence-electron chi connectivity index (χ0n) is 14.2. The average molecular weight is 337 g/mol. The molecule has 0 radical (unpaired) electrons. The van der Waals surface area contributed by atoms with Gasteiger partial charge in [0.2, 0.25) is 11.8 Å². The first kappa shape index (κ1) is 17.2. The van der Waals surface area contributed by atoms with E-state index in [1.807, 2.05) is 36.4 Å². The van der Waals surface area contributed by atoms with Crippen molar-refractivity contribution in [1.29, 1.82) is 0 Å². The molecule has 5 heteroatoms. The number of rotatable bonds is 7. The Morgan fingerprint density at radius 1 is 0.880 bits per heavy atom. The Morgan fingerprint density at radius 2 is 1.68 bits per heavy atom. The van der Waals surface area contributed by atoms with Crippen molar-refractivity contribution in [2.75, 3.05) is 6.54 Å². The number of benzene rings is 2. The van der Waals surface area contributed by atoms with Crippen LogP contribution in [0.2, 0.25) is 0 Å². The quantitative estimate of drug-likeness (QED) is 0.720. The van der Waals surface area contributed by atoms with E-state index in [4.69, 9.17) is 0 Å². The monoisotopic (exact) mass is 337 g/mol. The van der Waals surface area contributed by atoms with Crippen LogP contribution in [0.15, 0.2) is 48.5 Å². The third kappa shape index (κ3) is 5.16. The Hall–Kier alpha value is -2.66. The predicted octanol–water partition coefficient (Wildman–Crippen LogP) is 1.65. The SMILES string of the molecule is O=C(CCNC(=O)Cc1ccccc1)NCc1ccc2c(c1)CNC2. The minimum atomic E-state index is -0.0647. The van der Waals surface area contributed by atoms with Crippen LogP contribution in [0.4, 0.5) is 0 Å². The van der Waals surface area contributed by atoms with Crippen LogP contribution in [0.25, 0.3) is 0 Å². The largest absolute Gasteiger partial charge is 0.355 e. The smallest absolute Gasteiger partial charge is 0.224 e. The molecule has 0 saturated heterocycles. The second kappa shape index (κ2) is 8.44. The van der Waals surface area contributed by atoms with Crippen LogP contribution < -0.4 is 16.0 Å². The lowest BCUT2D eigenvalue weighted by molar-refractivity contribution is -0.122. The van der Waals surface area contributed by atoms with Crippen LogP contribution in [0, 0.1) is 0 Å². The fraction of sp³-hybridized carbons (Fsp3) is 0.300. The summed E-state index contributed by atoms with van der Waals surface area (Å²) >= 11 is 0. The van der Waals surface area contributed by atoms with E-state index in [1.54, 1.807) is 0 Å². The van der Waals surface area contributed by atoms with Crippen molar-refractivity contribution in [2.45, 2.75) is 32.5 Å². The van der Waals surface area contributed by atoms with Gasteiger partial charge in [-0.1, -0.05) is 48.5 Å². The Morgan fingerprint density at radius 3 is 2.52 bits per heavy atom. The third-order valence-corrected chi connectivity index (χ3v) is 4.27. The second-order valence-corrected chi connectivity index (χ2v) is 6.25. The highest BCUT2D eigenvalue weighted by Gasteiger charge is 2.10. The molecular formula is C20H23N3O2. The summed E-state index contributed by atoms with van der Waals surface area (Å²) in [5.41, 5.74) is 4.70. The lowest BCUT2D eigenvalue weighted by Gasteiger charge is -2.08. The highest BCUT2D eigenvalue weighted by atomic mass is 16.2. The van der Waals surface area contributed by atoms with Crippen molar-refractivity contribution in [1.82, 2.24) is 16.0 Å². The number of carbonyl (C=O) groups excluding carboxylic acids is 2. The molecule has 0 bridgehead atoms. The van der Waals surface area contributed by atoms with Crippen LogP contribution in [0.3, 0.4) is 0 Å². The number of hydrogen-bond acceptors (Lipinski definition) is 3. The minimum Gasteiger partial charge on any atom is -0.355 e. The third-order valence-electron chi connectivity index (χ3n) is 4.27. The molecule has 1 heterocycles. The summed E-state index contributed by atoms with van der Waals surface area (Å²) in [4.78, 5) is 23.7. The highest BCUT2D eigenvalue weighted by molar-refractivity contribution is 5.80. The molecule has 0 saturated carbocycles. The van der Waals surface area contributed by atoms with Gasteiger partial charge in [0.15, 0.2) is 0 Å². The molecule has 0 fully saturated rings. The number of carbonyl (C=O) groups is 2. The standard InChI is InChI=1S/C20H23N3O2/c24-19(8-9-22-20(25)11-15-4-2-1-3-5-15)23-12-16-6-7-17-13-21-14-18(17)10-16/h1-7,10,21H,8-9,11-14H2,(H,22,25)(H,23,24). The Bertz CT molecular complexity index is 744. The summed E-state index contributed by atoms with van der Waals surface area (Å²) in [6.45, 7) is 2.69. The first-order valence-corrected chi connectivity index (χ1v) is 8.59. The van der Waals surface area contributed by atoms with Gasteiger partial charge in [-0.25, -0.2) is 0 Å². The molecule has 25 heavy (non-hydrogen) atoms. The normalized spacial score (nSPS) is 12.5. The van der Waals surface area contributed by atoms with E-state index in [9.17, 15) is 9.59 Å². The molecule has 130 valence electrons. The van der Waals surface area contributed by atoms with E-state index >= 15 is 0 Å². The van der Waals surface area contributed by atoms with E-state index in [2.05, 4.69) is 28.1 Å². The molecule has 0 aromatic heterocycles. The molecule has 0 atom stereocenters. The van der Waals surface area contributed by atoms with E-state index < -0.39 is 0 Å².